The van der Waals surface area contributed by atoms with Gasteiger partial charge in [-0.25, -0.2) is 0 Å². The molecule has 1 aliphatic rings. The number of rotatable bonds is 5. The monoisotopic (exact) mass is 325 g/mol. The first-order valence-corrected chi connectivity index (χ1v) is 7.45. The van der Waals surface area contributed by atoms with Gasteiger partial charge in [-0.1, -0.05) is 6.07 Å². The molecule has 122 valence electrons. The van der Waals surface area contributed by atoms with E-state index in [0.717, 1.165) is 38.9 Å². The second-order valence-corrected chi connectivity index (χ2v) is 5.57. The predicted molar refractivity (Wildman–Crippen MR) is 89.4 cm³/mol. The number of nitrogens with two attached hydrogens (primary N) is 1. The summed E-state index contributed by atoms with van der Waals surface area (Å²) >= 11 is 0. The molecule has 0 unspecified atom stereocenters. The van der Waals surface area contributed by atoms with Crippen LogP contribution in [0.3, 0.4) is 0 Å². The molecule has 3 N–H and O–H groups in total. The number of carbonyl (C=O) groups is 2. The highest BCUT2D eigenvalue weighted by Gasteiger charge is 2.23. The van der Waals surface area contributed by atoms with Crippen LogP contribution in [-0.2, 0) is 0 Å². The molecule has 2 amide bonds. The summed E-state index contributed by atoms with van der Waals surface area (Å²) < 4.78 is 0. The fourth-order valence-corrected chi connectivity index (χ4v) is 2.76. The van der Waals surface area contributed by atoms with E-state index in [4.69, 9.17) is 5.73 Å². The Bertz CT molecular complexity index is 514. The van der Waals surface area contributed by atoms with Crippen LogP contribution >= 0.6 is 12.4 Å². The van der Waals surface area contributed by atoms with Crippen LogP contribution in [0.2, 0.25) is 0 Å². The van der Waals surface area contributed by atoms with E-state index in [1.165, 1.54) is 0 Å². The van der Waals surface area contributed by atoms with E-state index in [2.05, 4.69) is 5.32 Å². The van der Waals surface area contributed by atoms with Crippen LogP contribution in [0.1, 0.15) is 40.0 Å². The van der Waals surface area contributed by atoms with E-state index in [-0.39, 0.29) is 18.3 Å². The first-order valence-electron chi connectivity index (χ1n) is 7.45. The molecule has 0 bridgehead atoms. The van der Waals surface area contributed by atoms with E-state index in [9.17, 15) is 9.59 Å². The van der Waals surface area contributed by atoms with Gasteiger partial charge in [0.05, 0.1) is 0 Å². The number of amides is 2. The lowest BCUT2D eigenvalue weighted by atomic mass is 9.93. The summed E-state index contributed by atoms with van der Waals surface area (Å²) in [7, 11) is 1.96. The maximum absolute atomic E-state index is 12.5. The molecule has 22 heavy (non-hydrogen) atoms. The quantitative estimate of drug-likeness (QED) is 0.864. The fraction of sp³-hybridized carbons (Fsp3) is 0.500. The Morgan fingerprint density at radius 1 is 1.27 bits per heavy atom. The van der Waals surface area contributed by atoms with E-state index >= 15 is 0 Å². The molecule has 0 aliphatic carbocycles. The zero-order valence-corrected chi connectivity index (χ0v) is 13.7. The van der Waals surface area contributed by atoms with Gasteiger partial charge in [-0.3, -0.25) is 9.59 Å². The molecule has 0 atom stereocenters. The Balaban J connectivity index is 0.00000242. The van der Waals surface area contributed by atoms with Crippen LogP contribution < -0.4 is 11.1 Å². The molecular weight excluding hydrogens is 302 g/mol. The highest BCUT2D eigenvalue weighted by Crippen LogP contribution is 2.21. The third-order valence-electron chi connectivity index (χ3n) is 4.10. The number of carbonyl (C=O) groups excluding carboxylic acids is 2. The van der Waals surface area contributed by atoms with Crippen LogP contribution in [0.15, 0.2) is 24.3 Å². The maximum Gasteiger partial charge on any atom is 0.253 e. The molecule has 1 saturated heterocycles. The number of benzene rings is 1. The van der Waals surface area contributed by atoms with Crippen LogP contribution in [0.25, 0.3) is 0 Å². The minimum atomic E-state index is -0.504. The van der Waals surface area contributed by atoms with Crippen molar-refractivity contribution >= 4 is 24.2 Å². The number of hydrogen-bond donors (Lipinski definition) is 2. The van der Waals surface area contributed by atoms with Crippen molar-refractivity contribution in [2.24, 2.45) is 11.7 Å². The lowest BCUT2D eigenvalue weighted by molar-refractivity contribution is 0.0687. The smallest absolute Gasteiger partial charge is 0.253 e. The van der Waals surface area contributed by atoms with Crippen molar-refractivity contribution in [1.29, 1.82) is 0 Å². The van der Waals surface area contributed by atoms with Gasteiger partial charge in [0.2, 0.25) is 5.91 Å². The molecule has 1 heterocycles. The van der Waals surface area contributed by atoms with Gasteiger partial charge < -0.3 is 16.0 Å². The molecule has 1 aromatic carbocycles. The highest BCUT2D eigenvalue weighted by atomic mass is 35.5. The molecular formula is C16H24ClN3O2. The lowest BCUT2D eigenvalue weighted by Gasteiger charge is -2.32. The molecule has 1 aliphatic heterocycles. The Hall–Kier alpha value is -1.59. The normalized spacial score (nSPS) is 15.2. The predicted octanol–water partition coefficient (Wildman–Crippen LogP) is 1.67. The largest absolute Gasteiger partial charge is 0.366 e. The molecule has 1 fully saturated rings. The third-order valence-corrected chi connectivity index (χ3v) is 4.10. The van der Waals surface area contributed by atoms with Crippen LogP contribution in [0.5, 0.6) is 0 Å². The molecule has 1 aromatic rings. The van der Waals surface area contributed by atoms with Gasteiger partial charge in [0, 0.05) is 24.2 Å². The maximum atomic E-state index is 12.5. The van der Waals surface area contributed by atoms with Crippen molar-refractivity contribution in [3.8, 4) is 0 Å². The van der Waals surface area contributed by atoms with Crippen LogP contribution in [0, 0.1) is 5.92 Å². The number of primary amides is 1. The van der Waals surface area contributed by atoms with Gasteiger partial charge >= 0.3 is 0 Å². The topological polar surface area (TPSA) is 75.4 Å². The van der Waals surface area contributed by atoms with Gasteiger partial charge in [-0.15, -0.1) is 12.4 Å². The Morgan fingerprint density at radius 2 is 1.91 bits per heavy atom. The minimum absolute atomic E-state index is 0. The molecule has 0 saturated carbocycles. The summed E-state index contributed by atoms with van der Waals surface area (Å²) in [6.45, 7) is 2.60. The number of likely N-dealkylation sites (tertiary alicyclic amines) is 1. The molecule has 0 radical (unpaired) electrons. The summed E-state index contributed by atoms with van der Waals surface area (Å²) in [6.07, 6.45) is 3.25. The van der Waals surface area contributed by atoms with Crippen LogP contribution in [0.4, 0.5) is 0 Å². The first kappa shape index (κ1) is 18.5. The van der Waals surface area contributed by atoms with Crippen molar-refractivity contribution in [2.45, 2.75) is 19.3 Å². The third kappa shape index (κ3) is 4.71. The molecule has 0 spiro atoms. The summed E-state index contributed by atoms with van der Waals surface area (Å²) in [5.74, 6) is 0.180. The summed E-state index contributed by atoms with van der Waals surface area (Å²) in [6, 6.07) is 6.65. The van der Waals surface area contributed by atoms with E-state index in [0.29, 0.717) is 17.0 Å². The number of piperidine rings is 1. The van der Waals surface area contributed by atoms with E-state index in [1.807, 2.05) is 11.9 Å². The van der Waals surface area contributed by atoms with Gasteiger partial charge in [-0.05, 0) is 57.0 Å². The van der Waals surface area contributed by atoms with Crippen molar-refractivity contribution in [3.05, 3.63) is 35.4 Å². The number of nitrogens with one attached hydrogen (secondary N) is 1. The van der Waals surface area contributed by atoms with Gasteiger partial charge in [-0.2, -0.15) is 0 Å². The van der Waals surface area contributed by atoms with E-state index in [1.54, 1.807) is 24.3 Å². The summed E-state index contributed by atoms with van der Waals surface area (Å²) in [5.41, 5.74) is 6.18. The Morgan fingerprint density at radius 3 is 2.50 bits per heavy atom. The second-order valence-electron chi connectivity index (χ2n) is 5.57. The SMILES string of the molecule is CNCCC1CCN(C(=O)c2cccc(C(N)=O)c2)CC1.Cl. The fourth-order valence-electron chi connectivity index (χ4n) is 2.76. The van der Waals surface area contributed by atoms with Gasteiger partial charge in [0.25, 0.3) is 5.91 Å². The average Bonchev–Trinajstić information content (AvgIpc) is 2.53. The van der Waals surface area contributed by atoms with Gasteiger partial charge in [0.15, 0.2) is 0 Å². The first-order chi connectivity index (χ1) is 10.1. The van der Waals surface area contributed by atoms with Crippen molar-refractivity contribution < 1.29 is 9.59 Å². The molecule has 0 aromatic heterocycles. The average molecular weight is 326 g/mol. The lowest BCUT2D eigenvalue weighted by Crippen LogP contribution is -2.39. The zero-order chi connectivity index (χ0) is 15.2. The van der Waals surface area contributed by atoms with Gasteiger partial charge in [0.1, 0.15) is 0 Å². The molecule has 2 rings (SSSR count). The zero-order valence-electron chi connectivity index (χ0n) is 12.9. The number of halogens is 1. The van der Waals surface area contributed by atoms with Crippen molar-refractivity contribution in [3.63, 3.8) is 0 Å². The standard InChI is InChI=1S/C16H23N3O2.ClH/c1-18-8-5-12-6-9-19(10-7-12)16(21)14-4-2-3-13(11-14)15(17)20;/h2-4,11-12,18H,5-10H2,1H3,(H2,17,20);1H. The summed E-state index contributed by atoms with van der Waals surface area (Å²) in [4.78, 5) is 25.5. The second kappa shape index (κ2) is 8.76. The molecule has 6 heteroatoms. The Labute approximate surface area is 137 Å². The highest BCUT2D eigenvalue weighted by molar-refractivity contribution is 5.99. The number of hydrogen-bond acceptors (Lipinski definition) is 3. The number of nitrogens with zero attached hydrogens (tertiary/aromatic N) is 1. The van der Waals surface area contributed by atoms with Crippen LogP contribution in [-0.4, -0.2) is 43.4 Å². The van der Waals surface area contributed by atoms with E-state index < -0.39 is 5.91 Å². The summed E-state index contributed by atoms with van der Waals surface area (Å²) in [5, 5.41) is 3.17. The molecule has 5 nitrogen and oxygen atoms in total. The van der Waals surface area contributed by atoms with Crippen molar-refractivity contribution in [2.75, 3.05) is 26.7 Å². The minimum Gasteiger partial charge on any atom is -0.366 e. The Kier molecular flexibility index (Phi) is 7.35. The van der Waals surface area contributed by atoms with Crippen molar-refractivity contribution in [1.82, 2.24) is 10.2 Å².